The molecule has 1 N–H and O–H groups in total. The first-order valence-corrected chi connectivity index (χ1v) is 9.10. The van der Waals surface area contributed by atoms with Gasteiger partial charge in [0.25, 0.3) is 0 Å². The quantitative estimate of drug-likeness (QED) is 0.170. The lowest BCUT2D eigenvalue weighted by molar-refractivity contribution is -0.140. The Morgan fingerprint density at radius 1 is 1.07 bits per heavy atom. The molecule has 0 unspecified atom stereocenters. The van der Waals surface area contributed by atoms with Crippen LogP contribution in [-0.2, 0) is 20.9 Å². The number of rotatable bonds is 9. The van der Waals surface area contributed by atoms with Crippen LogP contribution in [0.25, 0.3) is 6.08 Å². The van der Waals surface area contributed by atoms with E-state index in [1.54, 1.807) is 38.3 Å². The van der Waals surface area contributed by atoms with Gasteiger partial charge in [-0.3, -0.25) is 4.79 Å². The molecule has 6 heteroatoms. The molecule has 2 aromatic rings. The van der Waals surface area contributed by atoms with Crippen molar-refractivity contribution < 1.29 is 28.9 Å². The van der Waals surface area contributed by atoms with Gasteiger partial charge < -0.3 is 19.3 Å². The highest BCUT2D eigenvalue weighted by atomic mass is 16.5. The molecule has 0 bridgehead atoms. The van der Waals surface area contributed by atoms with E-state index in [9.17, 15) is 14.7 Å². The molecule has 0 atom stereocenters. The Labute approximate surface area is 170 Å². The number of methoxy groups -OCH3 is 1. The van der Waals surface area contributed by atoms with Crippen molar-refractivity contribution in [2.45, 2.75) is 20.5 Å². The molecule has 152 valence electrons. The van der Waals surface area contributed by atoms with Gasteiger partial charge in [-0.25, -0.2) is 4.79 Å². The number of benzene rings is 2. The summed E-state index contributed by atoms with van der Waals surface area (Å²) in [7, 11) is 1.55. The fraction of sp³-hybridized carbons (Fsp3) is 0.217. The summed E-state index contributed by atoms with van der Waals surface area (Å²) in [6.45, 7) is 3.29. The zero-order chi connectivity index (χ0) is 21.2. The predicted octanol–water partition coefficient (Wildman–Crippen LogP) is 4.25. The van der Waals surface area contributed by atoms with Crippen LogP contribution in [0.3, 0.4) is 0 Å². The molecule has 0 radical (unpaired) electrons. The molecule has 0 aliphatic carbocycles. The van der Waals surface area contributed by atoms with Gasteiger partial charge >= 0.3 is 5.97 Å². The van der Waals surface area contributed by atoms with Gasteiger partial charge in [0, 0.05) is 0 Å². The van der Waals surface area contributed by atoms with E-state index in [2.05, 4.69) is 0 Å². The minimum atomic E-state index is -0.858. The van der Waals surface area contributed by atoms with Crippen LogP contribution in [0.5, 0.6) is 11.5 Å². The molecule has 0 heterocycles. The Balaban J connectivity index is 2.24. The summed E-state index contributed by atoms with van der Waals surface area (Å²) >= 11 is 0. The molecule has 2 rings (SSSR count). The number of carbonyl (C=O) groups is 2. The Morgan fingerprint density at radius 2 is 1.79 bits per heavy atom. The zero-order valence-electron chi connectivity index (χ0n) is 16.7. The summed E-state index contributed by atoms with van der Waals surface area (Å²) < 4.78 is 16.0. The molecule has 0 amide bonds. The highest BCUT2D eigenvalue weighted by molar-refractivity contribution is 6.17. The number of hydrogen-bond acceptors (Lipinski definition) is 6. The fourth-order valence-electron chi connectivity index (χ4n) is 2.54. The topological polar surface area (TPSA) is 82.1 Å². The van der Waals surface area contributed by atoms with Crippen LogP contribution in [0.1, 0.15) is 25.0 Å². The second kappa shape index (κ2) is 10.7. The zero-order valence-corrected chi connectivity index (χ0v) is 16.7. The molecular formula is C23H24O6. The standard InChI is InChI=1S/C23H24O6/c1-4-28-23(26)22(16(2)24)19(25)12-10-17-11-13-20(27-3)21(14-17)29-15-18-8-6-5-7-9-18/h5-14,25H,4,15H2,1-3H3/b12-10+,22-19-. The summed E-state index contributed by atoms with van der Waals surface area (Å²) in [5.41, 5.74) is 1.31. The lowest BCUT2D eigenvalue weighted by Gasteiger charge is -2.11. The van der Waals surface area contributed by atoms with E-state index >= 15 is 0 Å². The van der Waals surface area contributed by atoms with Gasteiger partial charge in [0.1, 0.15) is 17.9 Å². The predicted molar refractivity (Wildman–Crippen MR) is 110 cm³/mol. The Kier molecular flexibility index (Phi) is 8.03. The van der Waals surface area contributed by atoms with E-state index < -0.39 is 23.1 Å². The molecule has 0 aliphatic heterocycles. The first-order chi connectivity index (χ1) is 14.0. The van der Waals surface area contributed by atoms with Gasteiger partial charge in [0.05, 0.1) is 13.7 Å². The van der Waals surface area contributed by atoms with Crippen LogP contribution in [0.15, 0.2) is 65.9 Å². The van der Waals surface area contributed by atoms with Crippen LogP contribution < -0.4 is 9.47 Å². The van der Waals surface area contributed by atoms with Crippen molar-refractivity contribution >= 4 is 17.8 Å². The van der Waals surface area contributed by atoms with Crippen LogP contribution >= 0.6 is 0 Å². The molecule has 0 aromatic heterocycles. The monoisotopic (exact) mass is 396 g/mol. The second-order valence-corrected chi connectivity index (χ2v) is 6.05. The number of ether oxygens (including phenoxy) is 3. The van der Waals surface area contributed by atoms with Crippen LogP contribution in [0.2, 0.25) is 0 Å². The molecule has 0 spiro atoms. The third-order valence-electron chi connectivity index (χ3n) is 3.95. The fourth-order valence-corrected chi connectivity index (χ4v) is 2.54. The number of Topliss-reactive ketones (excluding diaryl/α,β-unsaturated/α-hetero) is 1. The summed E-state index contributed by atoms with van der Waals surface area (Å²) in [5.74, 6) is -0.803. The molecule has 0 saturated heterocycles. The highest BCUT2D eigenvalue weighted by Crippen LogP contribution is 2.29. The molecule has 0 fully saturated rings. The minimum absolute atomic E-state index is 0.104. The van der Waals surface area contributed by atoms with Gasteiger partial charge in [-0.2, -0.15) is 0 Å². The van der Waals surface area contributed by atoms with Gasteiger partial charge in [0.15, 0.2) is 17.3 Å². The Hall–Kier alpha value is -3.54. The average molecular weight is 396 g/mol. The third kappa shape index (κ3) is 6.24. The smallest absolute Gasteiger partial charge is 0.345 e. The van der Waals surface area contributed by atoms with E-state index in [0.717, 1.165) is 5.56 Å². The van der Waals surface area contributed by atoms with E-state index in [-0.39, 0.29) is 6.61 Å². The summed E-state index contributed by atoms with van der Waals surface area (Å²) in [6, 6.07) is 14.9. The van der Waals surface area contributed by atoms with Gasteiger partial charge in [-0.1, -0.05) is 42.5 Å². The lowest BCUT2D eigenvalue weighted by atomic mass is 10.1. The normalized spacial score (nSPS) is 11.7. The van der Waals surface area contributed by atoms with Gasteiger partial charge in [-0.15, -0.1) is 0 Å². The molecule has 2 aromatic carbocycles. The van der Waals surface area contributed by atoms with E-state index in [1.165, 1.54) is 13.0 Å². The van der Waals surface area contributed by atoms with Crippen LogP contribution in [0.4, 0.5) is 0 Å². The van der Waals surface area contributed by atoms with E-state index in [1.807, 2.05) is 30.3 Å². The van der Waals surface area contributed by atoms with Crippen molar-refractivity contribution in [3.8, 4) is 11.5 Å². The second-order valence-electron chi connectivity index (χ2n) is 6.05. The molecular weight excluding hydrogens is 372 g/mol. The Morgan fingerprint density at radius 3 is 2.41 bits per heavy atom. The van der Waals surface area contributed by atoms with Crippen molar-refractivity contribution in [1.29, 1.82) is 0 Å². The van der Waals surface area contributed by atoms with Crippen molar-refractivity contribution in [2.75, 3.05) is 13.7 Å². The molecule has 29 heavy (non-hydrogen) atoms. The maximum Gasteiger partial charge on any atom is 0.345 e. The number of allylic oxidation sites excluding steroid dienone is 1. The summed E-state index contributed by atoms with van der Waals surface area (Å²) in [4.78, 5) is 23.5. The van der Waals surface area contributed by atoms with Crippen LogP contribution in [0, 0.1) is 0 Å². The van der Waals surface area contributed by atoms with Crippen molar-refractivity contribution in [2.24, 2.45) is 0 Å². The number of hydrogen-bond donors (Lipinski definition) is 1. The number of aliphatic hydroxyl groups is 1. The van der Waals surface area contributed by atoms with Crippen molar-refractivity contribution in [1.82, 2.24) is 0 Å². The SMILES string of the molecule is CCOC(=O)/C(C(C)=O)=C(O)/C=C/c1ccc(OC)c(OCc2ccccc2)c1. The number of ketones is 1. The molecule has 0 saturated carbocycles. The van der Waals surface area contributed by atoms with Crippen LogP contribution in [-0.4, -0.2) is 30.6 Å². The van der Waals surface area contributed by atoms with Gasteiger partial charge in [0.2, 0.25) is 0 Å². The molecule has 6 nitrogen and oxygen atoms in total. The summed E-state index contributed by atoms with van der Waals surface area (Å²) in [6.07, 6.45) is 2.84. The van der Waals surface area contributed by atoms with Crippen molar-refractivity contribution in [3.05, 3.63) is 77.1 Å². The number of esters is 1. The largest absolute Gasteiger partial charge is 0.507 e. The average Bonchev–Trinajstić information content (AvgIpc) is 2.71. The maximum absolute atomic E-state index is 11.9. The lowest BCUT2D eigenvalue weighted by Crippen LogP contribution is -2.15. The Bertz CT molecular complexity index is 912. The van der Waals surface area contributed by atoms with Crippen molar-refractivity contribution in [3.63, 3.8) is 0 Å². The summed E-state index contributed by atoms with van der Waals surface area (Å²) in [5, 5.41) is 10.2. The number of aliphatic hydroxyl groups excluding tert-OH is 1. The van der Waals surface area contributed by atoms with E-state index in [0.29, 0.717) is 23.7 Å². The first-order valence-electron chi connectivity index (χ1n) is 9.10. The maximum atomic E-state index is 11.9. The third-order valence-corrected chi connectivity index (χ3v) is 3.95. The number of carbonyl (C=O) groups excluding carboxylic acids is 2. The first kappa shape index (κ1) is 21.8. The highest BCUT2D eigenvalue weighted by Gasteiger charge is 2.20. The minimum Gasteiger partial charge on any atom is -0.507 e. The van der Waals surface area contributed by atoms with E-state index in [4.69, 9.17) is 14.2 Å². The van der Waals surface area contributed by atoms with Gasteiger partial charge in [-0.05, 0) is 43.2 Å². The molecule has 0 aliphatic rings.